The molecule has 1 aliphatic heterocycles. The quantitative estimate of drug-likeness (QED) is 0.174. The number of benzene rings is 2. The molecule has 1 saturated carbocycles. The fourth-order valence-electron chi connectivity index (χ4n) is 5.89. The summed E-state index contributed by atoms with van der Waals surface area (Å²) in [6.07, 6.45) is 5.37. The van der Waals surface area contributed by atoms with Crippen LogP contribution < -0.4 is 9.64 Å². The van der Waals surface area contributed by atoms with Crippen molar-refractivity contribution in [1.29, 1.82) is 0 Å². The Morgan fingerprint density at radius 3 is 2.43 bits per heavy atom. The predicted molar refractivity (Wildman–Crippen MR) is 152 cm³/mol. The maximum atomic E-state index is 15.0. The lowest BCUT2D eigenvalue weighted by Crippen LogP contribution is -2.26. The van der Waals surface area contributed by atoms with Gasteiger partial charge in [-0.2, -0.15) is 4.39 Å². The molecule has 2 fully saturated rings. The van der Waals surface area contributed by atoms with Gasteiger partial charge in [-0.1, -0.05) is 6.07 Å². The van der Waals surface area contributed by atoms with E-state index in [0.717, 1.165) is 32.6 Å². The maximum absolute atomic E-state index is 15.0. The SMILES string of the molecule is CCOC(=O)c1c(N2CCCC2=O)c2cc(-c3nc(F)c(C)c(F)c3F)ccc2n1-c1ccc(OC2CCCC2)cc1. The van der Waals surface area contributed by atoms with Crippen LogP contribution in [0.25, 0.3) is 27.8 Å². The van der Waals surface area contributed by atoms with E-state index in [9.17, 15) is 22.8 Å². The molecule has 1 amide bonds. The first-order chi connectivity index (χ1) is 20.3. The topological polar surface area (TPSA) is 73.7 Å². The lowest BCUT2D eigenvalue weighted by molar-refractivity contribution is -0.117. The van der Waals surface area contributed by atoms with E-state index in [1.165, 1.54) is 17.0 Å². The zero-order valence-electron chi connectivity index (χ0n) is 23.4. The zero-order valence-corrected chi connectivity index (χ0v) is 23.4. The van der Waals surface area contributed by atoms with Crippen LogP contribution in [-0.2, 0) is 9.53 Å². The second kappa shape index (κ2) is 11.2. The summed E-state index contributed by atoms with van der Waals surface area (Å²) in [6.45, 7) is 3.27. The van der Waals surface area contributed by atoms with E-state index in [1.54, 1.807) is 17.6 Å². The van der Waals surface area contributed by atoms with Gasteiger partial charge >= 0.3 is 5.97 Å². The molecule has 10 heteroatoms. The van der Waals surface area contributed by atoms with E-state index >= 15 is 0 Å². The van der Waals surface area contributed by atoms with Gasteiger partial charge in [0.2, 0.25) is 11.9 Å². The summed E-state index contributed by atoms with van der Waals surface area (Å²) < 4.78 is 57.1. The van der Waals surface area contributed by atoms with Crippen molar-refractivity contribution >= 4 is 28.5 Å². The Morgan fingerprint density at radius 1 is 1.02 bits per heavy atom. The first-order valence-corrected chi connectivity index (χ1v) is 14.2. The Labute approximate surface area is 240 Å². The second-order valence-electron chi connectivity index (χ2n) is 10.7. The molecule has 4 aromatic rings. The number of pyridine rings is 1. The van der Waals surface area contributed by atoms with Crippen molar-refractivity contribution in [3.05, 3.63) is 71.3 Å². The van der Waals surface area contributed by atoms with Gasteiger partial charge in [0.25, 0.3) is 0 Å². The highest BCUT2D eigenvalue weighted by molar-refractivity contribution is 6.14. The second-order valence-corrected chi connectivity index (χ2v) is 10.7. The van der Waals surface area contributed by atoms with Crippen LogP contribution in [-0.4, -0.2) is 40.7 Å². The molecular weight excluding hydrogens is 547 g/mol. The molecule has 0 bridgehead atoms. The van der Waals surface area contributed by atoms with Gasteiger partial charge in [-0.3, -0.25) is 4.79 Å². The molecule has 3 heterocycles. The van der Waals surface area contributed by atoms with Gasteiger partial charge in [0.15, 0.2) is 17.3 Å². The van der Waals surface area contributed by atoms with Crippen molar-refractivity contribution in [1.82, 2.24) is 9.55 Å². The molecule has 6 rings (SSSR count). The highest BCUT2D eigenvalue weighted by atomic mass is 19.2. The summed E-state index contributed by atoms with van der Waals surface area (Å²) in [6, 6.07) is 11.9. The van der Waals surface area contributed by atoms with Gasteiger partial charge in [0, 0.05) is 35.2 Å². The monoisotopic (exact) mass is 577 g/mol. The molecule has 1 saturated heterocycles. The molecule has 0 spiro atoms. The number of nitrogens with zero attached hydrogens (tertiary/aromatic N) is 3. The number of carbonyl (C=O) groups excluding carboxylic acids is 2. The summed E-state index contributed by atoms with van der Waals surface area (Å²) in [7, 11) is 0. The number of hydrogen-bond acceptors (Lipinski definition) is 5. The molecule has 0 N–H and O–H groups in total. The molecule has 1 aliphatic carbocycles. The van der Waals surface area contributed by atoms with Crippen LogP contribution in [0.4, 0.5) is 18.9 Å². The number of ether oxygens (including phenoxy) is 2. The van der Waals surface area contributed by atoms with Crippen LogP contribution in [0.15, 0.2) is 42.5 Å². The lowest BCUT2D eigenvalue weighted by Gasteiger charge is -2.18. The van der Waals surface area contributed by atoms with Crippen molar-refractivity contribution < 1.29 is 32.2 Å². The summed E-state index contributed by atoms with van der Waals surface area (Å²) in [5.74, 6) is -3.84. The van der Waals surface area contributed by atoms with Crippen LogP contribution in [0.1, 0.15) is 61.5 Å². The number of anilines is 1. The molecule has 0 atom stereocenters. The summed E-state index contributed by atoms with van der Waals surface area (Å²) >= 11 is 0. The van der Waals surface area contributed by atoms with Crippen LogP contribution in [0, 0.1) is 24.5 Å². The number of fused-ring (bicyclic) bond motifs is 1. The number of aromatic nitrogens is 2. The van der Waals surface area contributed by atoms with Crippen molar-refractivity contribution in [3.63, 3.8) is 0 Å². The number of hydrogen-bond donors (Lipinski definition) is 0. The third kappa shape index (κ3) is 4.78. The third-order valence-electron chi connectivity index (χ3n) is 7.98. The normalized spacial score (nSPS) is 15.6. The van der Waals surface area contributed by atoms with Crippen molar-refractivity contribution in [2.45, 2.75) is 58.5 Å². The van der Waals surface area contributed by atoms with Crippen LogP contribution in [0.3, 0.4) is 0 Å². The molecule has 2 aliphatic rings. The summed E-state index contributed by atoms with van der Waals surface area (Å²) in [4.78, 5) is 31.8. The number of halogens is 3. The standard InChI is InChI=1S/C32H30F3N3O4/c1-3-41-32(40)30-29(37-16-6-9-25(37)39)23-17-19(28-27(34)26(33)18(2)31(35)36-28)10-15-24(23)38(30)20-11-13-22(14-12-20)42-21-7-4-5-8-21/h10-15,17,21H,3-9,16H2,1-2H3. The molecule has 2 aromatic heterocycles. The molecule has 0 radical (unpaired) electrons. The van der Waals surface area contributed by atoms with E-state index < -0.39 is 34.8 Å². The Kier molecular flexibility index (Phi) is 7.38. The molecule has 7 nitrogen and oxygen atoms in total. The van der Waals surface area contributed by atoms with Gasteiger partial charge < -0.3 is 18.9 Å². The van der Waals surface area contributed by atoms with Gasteiger partial charge in [-0.15, -0.1) is 0 Å². The zero-order chi connectivity index (χ0) is 29.5. The lowest BCUT2D eigenvalue weighted by atomic mass is 10.1. The number of carbonyl (C=O) groups is 2. The van der Waals surface area contributed by atoms with Gasteiger partial charge in [0.1, 0.15) is 11.4 Å². The van der Waals surface area contributed by atoms with Crippen LogP contribution in [0.2, 0.25) is 0 Å². The molecule has 42 heavy (non-hydrogen) atoms. The molecule has 2 aromatic carbocycles. The Balaban J connectivity index is 1.57. The first kappa shape index (κ1) is 27.8. The average Bonchev–Trinajstić information content (AvgIpc) is 3.73. The van der Waals surface area contributed by atoms with Gasteiger partial charge in [-0.05, 0) is 82.3 Å². The van der Waals surface area contributed by atoms with Crippen molar-refractivity contribution in [2.24, 2.45) is 0 Å². The molecule has 218 valence electrons. The Bertz CT molecular complexity index is 1690. The Morgan fingerprint density at radius 2 is 1.76 bits per heavy atom. The van der Waals surface area contributed by atoms with E-state index in [-0.39, 0.29) is 29.9 Å². The number of esters is 1. The van der Waals surface area contributed by atoms with E-state index in [1.807, 2.05) is 24.3 Å². The highest BCUT2D eigenvalue weighted by Crippen LogP contribution is 2.41. The minimum atomic E-state index is -1.32. The van der Waals surface area contributed by atoms with Gasteiger partial charge in [-0.25, -0.2) is 18.6 Å². The third-order valence-corrected chi connectivity index (χ3v) is 7.98. The van der Waals surface area contributed by atoms with Crippen LogP contribution in [0.5, 0.6) is 5.75 Å². The fourth-order valence-corrected chi connectivity index (χ4v) is 5.89. The van der Waals surface area contributed by atoms with Gasteiger partial charge in [0.05, 0.1) is 23.9 Å². The molecular formula is C32H30F3N3O4. The van der Waals surface area contributed by atoms with E-state index in [0.29, 0.717) is 47.4 Å². The molecule has 0 unspecified atom stereocenters. The Hall–Kier alpha value is -4.34. The van der Waals surface area contributed by atoms with Crippen molar-refractivity contribution in [2.75, 3.05) is 18.1 Å². The largest absolute Gasteiger partial charge is 0.490 e. The van der Waals surface area contributed by atoms with E-state index in [4.69, 9.17) is 9.47 Å². The van der Waals surface area contributed by atoms with Crippen LogP contribution >= 0.6 is 0 Å². The number of amides is 1. The average molecular weight is 578 g/mol. The maximum Gasteiger partial charge on any atom is 0.357 e. The number of rotatable bonds is 7. The fraction of sp³-hybridized carbons (Fsp3) is 0.344. The predicted octanol–water partition coefficient (Wildman–Crippen LogP) is 7.04. The first-order valence-electron chi connectivity index (χ1n) is 14.2. The van der Waals surface area contributed by atoms with Crippen molar-refractivity contribution in [3.8, 4) is 22.7 Å². The minimum absolute atomic E-state index is 0.0959. The highest BCUT2D eigenvalue weighted by Gasteiger charge is 2.34. The smallest absolute Gasteiger partial charge is 0.357 e. The van der Waals surface area contributed by atoms with E-state index in [2.05, 4.69) is 4.98 Å². The summed E-state index contributed by atoms with van der Waals surface area (Å²) in [5, 5.41) is 0.416. The minimum Gasteiger partial charge on any atom is -0.490 e. The summed E-state index contributed by atoms with van der Waals surface area (Å²) in [5.41, 5.74) is 0.634.